The van der Waals surface area contributed by atoms with Crippen molar-refractivity contribution < 1.29 is 9.59 Å². The highest BCUT2D eigenvalue weighted by atomic mass is 16.2. The summed E-state index contributed by atoms with van der Waals surface area (Å²) in [7, 11) is 0. The predicted octanol–water partition coefficient (Wildman–Crippen LogP) is 1.64. The number of rotatable bonds is 1. The third-order valence-electron chi connectivity index (χ3n) is 5.58. The van der Waals surface area contributed by atoms with E-state index in [0.29, 0.717) is 29.4 Å². The maximum atomic E-state index is 12.8. The number of hydrogen-bond donors (Lipinski definition) is 0. The van der Waals surface area contributed by atoms with Crippen LogP contribution in [0.3, 0.4) is 0 Å². The van der Waals surface area contributed by atoms with Crippen molar-refractivity contribution >= 4 is 17.5 Å². The lowest BCUT2D eigenvalue weighted by atomic mass is 9.63. The Kier molecular flexibility index (Phi) is 1.82. The molecule has 6 rings (SSSR count). The highest BCUT2D eigenvalue weighted by Gasteiger charge is 2.67. The molecule has 0 aromatic carbocycles. The summed E-state index contributed by atoms with van der Waals surface area (Å²) < 4.78 is 0. The Morgan fingerprint density at radius 2 is 1.50 bits per heavy atom. The number of carbonyl (C=O) groups is 2. The maximum absolute atomic E-state index is 12.8. The van der Waals surface area contributed by atoms with E-state index in [1.54, 1.807) is 24.5 Å². The number of pyridine rings is 1. The molecule has 1 aliphatic heterocycles. The number of amides is 2. The van der Waals surface area contributed by atoms with Crippen LogP contribution in [0.25, 0.3) is 0 Å². The zero-order valence-electron chi connectivity index (χ0n) is 10.8. The minimum absolute atomic E-state index is 0.00380. The largest absolute Gasteiger partial charge is 0.274 e. The summed E-state index contributed by atoms with van der Waals surface area (Å²) in [6.07, 6.45) is 8.85. The Hall–Kier alpha value is -1.97. The van der Waals surface area contributed by atoms with Crippen LogP contribution in [0, 0.1) is 35.5 Å². The first-order chi connectivity index (χ1) is 9.77. The van der Waals surface area contributed by atoms with Gasteiger partial charge in [-0.05, 0) is 42.2 Å². The van der Waals surface area contributed by atoms with Crippen molar-refractivity contribution in [2.45, 2.75) is 6.42 Å². The van der Waals surface area contributed by atoms with Gasteiger partial charge in [0.15, 0.2) is 0 Å². The van der Waals surface area contributed by atoms with Crippen LogP contribution in [0.15, 0.2) is 36.7 Å². The molecule has 4 nitrogen and oxygen atoms in total. The van der Waals surface area contributed by atoms with Gasteiger partial charge in [-0.1, -0.05) is 12.2 Å². The fourth-order valence-electron chi connectivity index (χ4n) is 4.70. The first-order valence-corrected chi connectivity index (χ1v) is 7.23. The maximum Gasteiger partial charge on any atom is 0.238 e. The highest BCUT2D eigenvalue weighted by molar-refractivity contribution is 6.22. The van der Waals surface area contributed by atoms with Gasteiger partial charge in [-0.15, -0.1) is 0 Å². The van der Waals surface area contributed by atoms with Gasteiger partial charge in [0, 0.05) is 12.4 Å². The average Bonchev–Trinajstić information content (AvgIpc) is 3.25. The van der Waals surface area contributed by atoms with Gasteiger partial charge in [-0.3, -0.25) is 14.6 Å². The van der Waals surface area contributed by atoms with Crippen LogP contribution in [-0.2, 0) is 9.59 Å². The molecule has 0 unspecified atom stereocenters. The van der Waals surface area contributed by atoms with Crippen LogP contribution in [0.2, 0.25) is 0 Å². The standard InChI is InChI=1S/C16H14N2O2/c19-15-13-9-1-2-10(12-7-11(9)12)14(13)16(20)18(15)8-3-5-17-6-4-8/h1-6,9-14H,7H2/t9-,10-,11-,12-,13-,14+/m0/s1. The molecule has 2 saturated carbocycles. The van der Waals surface area contributed by atoms with Gasteiger partial charge >= 0.3 is 0 Å². The zero-order valence-corrected chi connectivity index (χ0v) is 10.8. The van der Waals surface area contributed by atoms with Gasteiger partial charge < -0.3 is 0 Å². The summed E-state index contributed by atoms with van der Waals surface area (Å²) >= 11 is 0. The van der Waals surface area contributed by atoms with E-state index < -0.39 is 0 Å². The molecule has 2 heterocycles. The normalized spacial score (nSPS) is 43.7. The second-order valence-corrected chi connectivity index (χ2v) is 6.37. The molecule has 0 spiro atoms. The van der Waals surface area contributed by atoms with Gasteiger partial charge in [0.2, 0.25) is 11.8 Å². The smallest absolute Gasteiger partial charge is 0.238 e. The molecule has 1 saturated heterocycles. The number of anilines is 1. The molecule has 0 N–H and O–H groups in total. The van der Waals surface area contributed by atoms with E-state index in [1.165, 1.54) is 11.3 Å². The first-order valence-electron chi connectivity index (χ1n) is 7.23. The van der Waals surface area contributed by atoms with Gasteiger partial charge in [-0.25, -0.2) is 4.90 Å². The molecular weight excluding hydrogens is 252 g/mol. The van der Waals surface area contributed by atoms with Gasteiger partial charge in [0.05, 0.1) is 17.5 Å². The van der Waals surface area contributed by atoms with Crippen molar-refractivity contribution in [3.63, 3.8) is 0 Å². The van der Waals surface area contributed by atoms with E-state index >= 15 is 0 Å². The summed E-state index contributed by atoms with van der Waals surface area (Å²) in [6.45, 7) is 0. The van der Waals surface area contributed by atoms with Crippen molar-refractivity contribution in [3.05, 3.63) is 36.7 Å². The molecule has 100 valence electrons. The summed E-state index contributed by atoms with van der Waals surface area (Å²) in [6, 6.07) is 3.48. The number of aromatic nitrogens is 1. The first kappa shape index (κ1) is 10.8. The number of allylic oxidation sites excluding steroid dienone is 2. The quantitative estimate of drug-likeness (QED) is 0.573. The number of hydrogen-bond acceptors (Lipinski definition) is 3. The minimum Gasteiger partial charge on any atom is -0.274 e. The SMILES string of the molecule is O=C1[C@@H]2[C@H]3C=C[C@@H]([C@@H]4C[C@@H]34)[C@@H]2C(=O)N1c1ccncc1. The van der Waals surface area contributed by atoms with Crippen LogP contribution in [0.5, 0.6) is 0 Å². The Labute approximate surface area is 116 Å². The lowest BCUT2D eigenvalue weighted by Crippen LogP contribution is -2.40. The van der Waals surface area contributed by atoms with Crippen LogP contribution < -0.4 is 4.90 Å². The molecule has 4 heteroatoms. The van der Waals surface area contributed by atoms with Crippen molar-refractivity contribution in [3.8, 4) is 0 Å². The van der Waals surface area contributed by atoms with Crippen molar-refractivity contribution in [1.29, 1.82) is 0 Å². The minimum atomic E-state index is -0.116. The summed E-state index contributed by atoms with van der Waals surface area (Å²) in [4.78, 5) is 30.9. The summed E-state index contributed by atoms with van der Waals surface area (Å²) in [5.41, 5.74) is 0.664. The monoisotopic (exact) mass is 266 g/mol. The second-order valence-electron chi connectivity index (χ2n) is 6.37. The molecule has 1 aromatic rings. The Morgan fingerprint density at radius 1 is 0.950 bits per heavy atom. The molecular formula is C16H14N2O2. The lowest BCUT2D eigenvalue weighted by molar-refractivity contribution is -0.124. The molecule has 2 amide bonds. The zero-order chi connectivity index (χ0) is 13.4. The Balaban J connectivity index is 1.61. The molecule has 1 aromatic heterocycles. The van der Waals surface area contributed by atoms with Crippen molar-refractivity contribution in [1.82, 2.24) is 4.98 Å². The van der Waals surface area contributed by atoms with Crippen molar-refractivity contribution in [2.24, 2.45) is 35.5 Å². The van der Waals surface area contributed by atoms with E-state index in [2.05, 4.69) is 17.1 Å². The summed E-state index contributed by atoms with van der Waals surface area (Å²) in [5, 5.41) is 0. The molecule has 20 heavy (non-hydrogen) atoms. The van der Waals surface area contributed by atoms with Gasteiger partial charge in [-0.2, -0.15) is 0 Å². The van der Waals surface area contributed by atoms with E-state index in [9.17, 15) is 9.59 Å². The molecule has 4 aliphatic carbocycles. The Bertz CT molecular complexity index is 618. The lowest BCUT2D eigenvalue weighted by Gasteiger charge is -2.37. The van der Waals surface area contributed by atoms with Crippen LogP contribution in [0.4, 0.5) is 5.69 Å². The van der Waals surface area contributed by atoms with Crippen LogP contribution in [0.1, 0.15) is 6.42 Å². The number of carbonyl (C=O) groups excluding carboxylic acids is 2. The van der Waals surface area contributed by atoms with E-state index in [4.69, 9.17) is 0 Å². The fraction of sp³-hybridized carbons (Fsp3) is 0.438. The third-order valence-corrected chi connectivity index (χ3v) is 5.58. The van der Waals surface area contributed by atoms with E-state index in [1.807, 2.05) is 0 Å². The van der Waals surface area contributed by atoms with Crippen LogP contribution >= 0.6 is 0 Å². The topological polar surface area (TPSA) is 50.3 Å². The molecule has 3 fully saturated rings. The second kappa shape index (κ2) is 3.37. The molecule has 2 bridgehead atoms. The molecule has 6 atom stereocenters. The van der Waals surface area contributed by atoms with Gasteiger partial charge in [0.1, 0.15) is 0 Å². The van der Waals surface area contributed by atoms with E-state index in [0.717, 1.165) is 0 Å². The molecule has 0 radical (unpaired) electrons. The summed E-state index contributed by atoms with van der Waals surface area (Å²) in [5.74, 6) is 1.65. The number of imide groups is 1. The Morgan fingerprint density at radius 3 is 2.05 bits per heavy atom. The fourth-order valence-corrected chi connectivity index (χ4v) is 4.70. The highest BCUT2D eigenvalue weighted by Crippen LogP contribution is 2.65. The average molecular weight is 266 g/mol. The third kappa shape index (κ3) is 1.11. The van der Waals surface area contributed by atoms with E-state index in [-0.39, 0.29) is 23.7 Å². The predicted molar refractivity (Wildman–Crippen MR) is 71.4 cm³/mol. The number of nitrogens with zero attached hydrogens (tertiary/aromatic N) is 2. The molecule has 5 aliphatic rings. The van der Waals surface area contributed by atoms with Crippen molar-refractivity contribution in [2.75, 3.05) is 4.90 Å². The van der Waals surface area contributed by atoms with Crippen LogP contribution in [-0.4, -0.2) is 16.8 Å². The van der Waals surface area contributed by atoms with Gasteiger partial charge in [0.25, 0.3) is 0 Å².